The van der Waals surface area contributed by atoms with Crippen molar-refractivity contribution in [1.29, 1.82) is 0 Å². The second-order valence-electron chi connectivity index (χ2n) is 7.02. The van der Waals surface area contributed by atoms with Crippen LogP contribution in [0.2, 0.25) is 5.02 Å². The van der Waals surface area contributed by atoms with E-state index in [0.29, 0.717) is 34.2 Å². The highest BCUT2D eigenvalue weighted by atomic mass is 35.5. The number of nitrogens with one attached hydrogen (secondary N) is 1. The summed E-state index contributed by atoms with van der Waals surface area (Å²) in [5.41, 5.74) is 2.68. The second kappa shape index (κ2) is 8.28. The van der Waals surface area contributed by atoms with Crippen LogP contribution in [0.15, 0.2) is 58.8 Å². The van der Waals surface area contributed by atoms with Gasteiger partial charge in [-0.05, 0) is 55.3 Å². The second-order valence-corrected chi connectivity index (χ2v) is 7.45. The van der Waals surface area contributed by atoms with Crippen LogP contribution in [0.5, 0.6) is 0 Å². The van der Waals surface area contributed by atoms with Gasteiger partial charge in [0, 0.05) is 22.8 Å². The van der Waals surface area contributed by atoms with Crippen molar-refractivity contribution < 1.29 is 13.7 Å². The molecule has 2 aromatic carbocycles. The normalized spacial score (nSPS) is 16.7. The molecular weight excluding hydrogens is 407 g/mol. The van der Waals surface area contributed by atoms with Crippen LogP contribution in [0.1, 0.15) is 37.8 Å². The summed E-state index contributed by atoms with van der Waals surface area (Å²) in [4.78, 5) is 18.9. The number of amides is 2. The molecule has 30 heavy (non-hydrogen) atoms. The van der Waals surface area contributed by atoms with E-state index in [1.165, 1.54) is 12.1 Å². The molecule has 1 unspecified atom stereocenters. The Morgan fingerprint density at radius 2 is 2.00 bits per heavy atom. The van der Waals surface area contributed by atoms with E-state index in [0.717, 1.165) is 12.0 Å². The molecular formula is C22H20ClFN4O2. The lowest BCUT2D eigenvalue weighted by Gasteiger charge is -2.35. The van der Waals surface area contributed by atoms with Crippen molar-refractivity contribution in [3.63, 3.8) is 0 Å². The number of hydrogen-bond donors (Lipinski definition) is 1. The van der Waals surface area contributed by atoms with E-state index in [2.05, 4.69) is 15.5 Å². The van der Waals surface area contributed by atoms with Gasteiger partial charge in [-0.2, -0.15) is 4.98 Å². The van der Waals surface area contributed by atoms with Crippen molar-refractivity contribution in [1.82, 2.24) is 20.4 Å². The number of rotatable bonds is 5. The van der Waals surface area contributed by atoms with Crippen molar-refractivity contribution >= 4 is 23.2 Å². The van der Waals surface area contributed by atoms with E-state index in [9.17, 15) is 9.18 Å². The molecule has 2 amide bonds. The maximum Gasteiger partial charge on any atom is 0.322 e. The van der Waals surface area contributed by atoms with Crippen molar-refractivity contribution in [3.8, 4) is 11.4 Å². The fraction of sp³-hybridized carbons (Fsp3) is 0.227. The van der Waals surface area contributed by atoms with Crippen LogP contribution in [0.4, 0.5) is 9.18 Å². The minimum absolute atomic E-state index is 0.246. The maximum absolute atomic E-state index is 13.9. The number of benzene rings is 2. The van der Waals surface area contributed by atoms with Gasteiger partial charge in [0.1, 0.15) is 5.82 Å². The highest BCUT2D eigenvalue weighted by Crippen LogP contribution is 2.37. The Bertz CT molecular complexity index is 1110. The molecule has 0 fully saturated rings. The van der Waals surface area contributed by atoms with Gasteiger partial charge in [-0.15, -0.1) is 0 Å². The van der Waals surface area contributed by atoms with E-state index in [1.54, 1.807) is 41.3 Å². The van der Waals surface area contributed by atoms with E-state index < -0.39 is 6.04 Å². The summed E-state index contributed by atoms with van der Waals surface area (Å²) in [5.74, 6) is 0.286. The molecule has 8 heteroatoms. The average Bonchev–Trinajstić information content (AvgIpc) is 3.21. The fourth-order valence-corrected chi connectivity index (χ4v) is 3.66. The summed E-state index contributed by atoms with van der Waals surface area (Å²) in [6, 6.07) is 12.4. The predicted octanol–water partition coefficient (Wildman–Crippen LogP) is 5.44. The number of nitrogens with zero attached hydrogens (tertiary/aromatic N) is 3. The third-order valence-corrected chi connectivity index (χ3v) is 5.24. The Labute approximate surface area is 178 Å². The van der Waals surface area contributed by atoms with Gasteiger partial charge < -0.3 is 9.84 Å². The topological polar surface area (TPSA) is 71.3 Å². The molecule has 0 spiro atoms. The average molecular weight is 427 g/mol. The predicted molar refractivity (Wildman–Crippen MR) is 112 cm³/mol. The molecule has 1 aliphatic heterocycles. The Hall–Kier alpha value is -3.19. The molecule has 0 saturated heterocycles. The monoisotopic (exact) mass is 426 g/mol. The van der Waals surface area contributed by atoms with Crippen molar-refractivity contribution in [2.24, 2.45) is 0 Å². The van der Waals surface area contributed by atoms with Gasteiger partial charge in [0.2, 0.25) is 5.82 Å². The number of urea groups is 1. The zero-order valence-electron chi connectivity index (χ0n) is 16.5. The summed E-state index contributed by atoms with van der Waals surface area (Å²) in [6.07, 6.45) is 0.780. The number of allylic oxidation sites excluding steroid dienone is 1. The van der Waals surface area contributed by atoms with Crippen LogP contribution in [-0.4, -0.2) is 27.6 Å². The molecule has 1 aromatic heterocycles. The molecule has 0 saturated carbocycles. The molecule has 1 aliphatic rings. The molecule has 0 bridgehead atoms. The van der Waals surface area contributed by atoms with Gasteiger partial charge in [0.05, 0.1) is 11.6 Å². The van der Waals surface area contributed by atoms with Crippen molar-refractivity contribution in [3.05, 3.63) is 76.5 Å². The molecule has 4 rings (SSSR count). The minimum atomic E-state index is -0.611. The third kappa shape index (κ3) is 3.80. The largest absolute Gasteiger partial charge is 0.334 e. The smallest absolute Gasteiger partial charge is 0.322 e. The first-order chi connectivity index (χ1) is 14.5. The van der Waals surface area contributed by atoms with Gasteiger partial charge in [-0.1, -0.05) is 35.8 Å². The molecule has 3 aromatic rings. The van der Waals surface area contributed by atoms with Gasteiger partial charge in [0.25, 0.3) is 5.89 Å². The molecule has 154 valence electrons. The van der Waals surface area contributed by atoms with Gasteiger partial charge in [-0.3, -0.25) is 4.90 Å². The van der Waals surface area contributed by atoms with Crippen LogP contribution in [0.25, 0.3) is 17.0 Å². The summed E-state index contributed by atoms with van der Waals surface area (Å²) in [7, 11) is 0. The van der Waals surface area contributed by atoms with Crippen LogP contribution < -0.4 is 5.32 Å². The van der Waals surface area contributed by atoms with Crippen LogP contribution in [0, 0.1) is 5.82 Å². The first-order valence-electron chi connectivity index (χ1n) is 9.62. The zero-order chi connectivity index (χ0) is 21.3. The highest BCUT2D eigenvalue weighted by Gasteiger charge is 2.35. The van der Waals surface area contributed by atoms with Gasteiger partial charge in [0.15, 0.2) is 0 Å². The van der Waals surface area contributed by atoms with Crippen molar-refractivity contribution in [2.75, 3.05) is 6.54 Å². The van der Waals surface area contributed by atoms with Crippen LogP contribution >= 0.6 is 11.6 Å². The van der Waals surface area contributed by atoms with Crippen LogP contribution in [0.3, 0.4) is 0 Å². The SMILES string of the molecule is CCCN1C(=O)NC(c2cccc(F)c2)C(c2nc(-c3ccc(Cl)cc3)no2)=C1C. The van der Waals surface area contributed by atoms with Gasteiger partial charge in [-0.25, -0.2) is 9.18 Å². The molecule has 1 atom stereocenters. The first kappa shape index (κ1) is 20.1. The molecule has 1 N–H and O–H groups in total. The minimum Gasteiger partial charge on any atom is -0.334 e. The summed E-state index contributed by atoms with van der Waals surface area (Å²) < 4.78 is 19.5. The number of carbonyl (C=O) groups is 1. The lowest BCUT2D eigenvalue weighted by molar-refractivity contribution is 0.205. The quantitative estimate of drug-likeness (QED) is 0.590. The van der Waals surface area contributed by atoms with E-state index in [-0.39, 0.29) is 17.7 Å². The fourth-order valence-electron chi connectivity index (χ4n) is 3.54. The number of aromatic nitrogens is 2. The third-order valence-electron chi connectivity index (χ3n) is 4.98. The summed E-state index contributed by atoms with van der Waals surface area (Å²) in [6.45, 7) is 4.36. The number of halogens is 2. The first-order valence-corrected chi connectivity index (χ1v) is 10.00. The number of hydrogen-bond acceptors (Lipinski definition) is 4. The van der Waals surface area contributed by atoms with Crippen molar-refractivity contribution in [2.45, 2.75) is 26.3 Å². The summed E-state index contributed by atoms with van der Waals surface area (Å²) >= 11 is 5.96. The lowest BCUT2D eigenvalue weighted by atomic mass is 9.94. The summed E-state index contributed by atoms with van der Waals surface area (Å²) in [5, 5.41) is 7.65. The zero-order valence-corrected chi connectivity index (χ0v) is 17.3. The standard InChI is InChI=1S/C22H20ClFN4O2/c1-3-11-28-13(2)18(19(25-22(28)29)15-5-4-6-17(24)12-15)21-26-20(27-30-21)14-7-9-16(23)10-8-14/h4-10,12,19H,3,11H2,1-2H3,(H,25,29). The Balaban J connectivity index is 1.81. The van der Waals surface area contributed by atoms with Gasteiger partial charge >= 0.3 is 6.03 Å². The van der Waals surface area contributed by atoms with E-state index in [4.69, 9.17) is 16.1 Å². The lowest BCUT2D eigenvalue weighted by Crippen LogP contribution is -2.46. The Morgan fingerprint density at radius 3 is 2.70 bits per heavy atom. The molecule has 0 aliphatic carbocycles. The van der Waals surface area contributed by atoms with E-state index in [1.807, 2.05) is 13.8 Å². The molecule has 2 heterocycles. The Morgan fingerprint density at radius 1 is 1.23 bits per heavy atom. The van der Waals surface area contributed by atoms with Crippen LogP contribution in [-0.2, 0) is 0 Å². The highest BCUT2D eigenvalue weighted by molar-refractivity contribution is 6.30. The maximum atomic E-state index is 13.9. The molecule has 0 radical (unpaired) electrons. The van der Waals surface area contributed by atoms with E-state index >= 15 is 0 Å². The number of carbonyl (C=O) groups excluding carboxylic acids is 1. The Kier molecular flexibility index (Phi) is 5.55. The molecule has 6 nitrogen and oxygen atoms in total.